The lowest BCUT2D eigenvalue weighted by atomic mass is 10.1. The van der Waals surface area contributed by atoms with E-state index in [1.165, 1.54) is 0 Å². The van der Waals surface area contributed by atoms with Gasteiger partial charge in [0.2, 0.25) is 0 Å². The van der Waals surface area contributed by atoms with Crippen LogP contribution < -0.4 is 0 Å². The number of aromatic nitrogens is 4. The minimum absolute atomic E-state index is 0.556. The van der Waals surface area contributed by atoms with Crippen molar-refractivity contribution in [2.45, 2.75) is 25.8 Å². The van der Waals surface area contributed by atoms with Crippen LogP contribution in [0.5, 0.6) is 0 Å². The summed E-state index contributed by atoms with van der Waals surface area (Å²) in [5.41, 5.74) is 0. The minimum Gasteiger partial charge on any atom is -0.229 e. The number of hydrogen-bond donors (Lipinski definition) is 0. The van der Waals surface area contributed by atoms with Crippen molar-refractivity contribution < 1.29 is 0 Å². The van der Waals surface area contributed by atoms with Crippen LogP contribution in [0, 0.1) is 0 Å². The molecule has 0 fully saturated rings. The van der Waals surface area contributed by atoms with E-state index >= 15 is 0 Å². The van der Waals surface area contributed by atoms with Crippen molar-refractivity contribution >= 4 is 0 Å². The van der Waals surface area contributed by atoms with Crippen LogP contribution in [0.25, 0.3) is 0 Å². The molecule has 2 rings (SSSR count). The van der Waals surface area contributed by atoms with E-state index in [4.69, 9.17) is 0 Å². The summed E-state index contributed by atoms with van der Waals surface area (Å²) in [6.45, 7) is 3.14. The number of hydrogen-bond acceptors (Lipinski definition) is 3. The molecule has 48 valence electrons. The highest BCUT2D eigenvalue weighted by Crippen LogP contribution is 2.22. The zero-order valence-corrected chi connectivity index (χ0v) is 5.28. The Balaban J connectivity index is 2.49. The number of rotatable bonds is 0. The monoisotopic (exact) mass is 124 g/mol. The third kappa shape index (κ3) is 0.557. The van der Waals surface area contributed by atoms with Crippen molar-refractivity contribution in [2.24, 2.45) is 0 Å². The molecule has 0 amide bonds. The van der Waals surface area contributed by atoms with Gasteiger partial charge in [-0.3, -0.25) is 0 Å². The summed E-state index contributed by atoms with van der Waals surface area (Å²) in [5, 5.41) is 11.2. The van der Waals surface area contributed by atoms with Crippen molar-refractivity contribution in [3.8, 4) is 0 Å². The zero-order valence-electron chi connectivity index (χ0n) is 5.28. The van der Waals surface area contributed by atoms with Crippen LogP contribution in [0.3, 0.4) is 0 Å². The maximum Gasteiger partial charge on any atom is 0.154 e. The van der Waals surface area contributed by atoms with Gasteiger partial charge in [0.25, 0.3) is 0 Å². The van der Waals surface area contributed by atoms with Gasteiger partial charge in [-0.05, 0) is 16.8 Å². The number of aryl methyl sites for hydroxylation is 1. The Morgan fingerprint density at radius 2 is 2.56 bits per heavy atom. The summed E-state index contributed by atoms with van der Waals surface area (Å²) < 4.78 is 1.87. The van der Waals surface area contributed by atoms with Crippen molar-refractivity contribution in [2.75, 3.05) is 0 Å². The summed E-state index contributed by atoms with van der Waals surface area (Å²) >= 11 is 0. The van der Waals surface area contributed by atoms with E-state index in [1.807, 2.05) is 4.68 Å². The van der Waals surface area contributed by atoms with Crippen LogP contribution >= 0.6 is 0 Å². The van der Waals surface area contributed by atoms with Gasteiger partial charge in [-0.2, -0.15) is 0 Å². The first-order valence-corrected chi connectivity index (χ1v) is 3.14. The molecule has 1 aliphatic heterocycles. The molecule has 0 bridgehead atoms. The first-order valence-electron chi connectivity index (χ1n) is 3.14. The summed E-state index contributed by atoms with van der Waals surface area (Å²) in [7, 11) is 0. The SMILES string of the molecule is C[C@H]1CCn2nnnc21. The third-order valence-electron chi connectivity index (χ3n) is 1.77. The van der Waals surface area contributed by atoms with E-state index in [-0.39, 0.29) is 0 Å². The largest absolute Gasteiger partial charge is 0.229 e. The van der Waals surface area contributed by atoms with Crippen LogP contribution in [-0.2, 0) is 6.54 Å². The molecule has 0 saturated carbocycles. The fraction of sp³-hybridized carbons (Fsp3) is 0.800. The highest BCUT2D eigenvalue weighted by molar-refractivity contribution is 4.95. The van der Waals surface area contributed by atoms with Crippen LogP contribution in [-0.4, -0.2) is 20.2 Å². The van der Waals surface area contributed by atoms with Crippen molar-refractivity contribution in [3.63, 3.8) is 0 Å². The molecule has 1 aliphatic rings. The highest BCUT2D eigenvalue weighted by atomic mass is 15.5. The number of tetrazole rings is 1. The molecule has 0 N–H and O–H groups in total. The topological polar surface area (TPSA) is 43.6 Å². The average Bonchev–Trinajstić information content (AvgIpc) is 2.35. The Hall–Kier alpha value is -0.930. The molecule has 0 spiro atoms. The Labute approximate surface area is 52.9 Å². The summed E-state index contributed by atoms with van der Waals surface area (Å²) in [4.78, 5) is 0. The van der Waals surface area contributed by atoms with Gasteiger partial charge in [0, 0.05) is 12.5 Å². The zero-order chi connectivity index (χ0) is 6.27. The first kappa shape index (κ1) is 4.90. The first-order chi connectivity index (χ1) is 4.38. The van der Waals surface area contributed by atoms with Gasteiger partial charge in [0.05, 0.1) is 0 Å². The molecule has 0 unspecified atom stereocenters. The van der Waals surface area contributed by atoms with Crippen LogP contribution in [0.4, 0.5) is 0 Å². The molecule has 0 saturated heterocycles. The second-order valence-corrected chi connectivity index (χ2v) is 2.45. The summed E-state index contributed by atoms with van der Waals surface area (Å²) in [5.74, 6) is 1.59. The molecule has 4 nitrogen and oxygen atoms in total. The summed E-state index contributed by atoms with van der Waals surface area (Å²) in [6, 6.07) is 0. The van der Waals surface area contributed by atoms with E-state index in [9.17, 15) is 0 Å². The quantitative estimate of drug-likeness (QED) is 0.495. The van der Waals surface area contributed by atoms with Crippen LogP contribution in [0.1, 0.15) is 25.1 Å². The van der Waals surface area contributed by atoms with Gasteiger partial charge in [-0.1, -0.05) is 6.92 Å². The highest BCUT2D eigenvalue weighted by Gasteiger charge is 2.20. The fourth-order valence-corrected chi connectivity index (χ4v) is 1.17. The molecule has 1 atom stereocenters. The smallest absolute Gasteiger partial charge is 0.154 e. The predicted octanol–water partition coefficient (Wildman–Crippen LogP) is 0.180. The maximum atomic E-state index is 3.88. The molecule has 0 aliphatic carbocycles. The Kier molecular flexibility index (Phi) is 0.831. The van der Waals surface area contributed by atoms with Gasteiger partial charge in [-0.15, -0.1) is 5.10 Å². The maximum absolute atomic E-state index is 3.88. The summed E-state index contributed by atoms with van der Waals surface area (Å²) in [6.07, 6.45) is 1.16. The van der Waals surface area contributed by atoms with Crippen molar-refractivity contribution in [1.82, 2.24) is 20.2 Å². The number of nitrogens with zero attached hydrogens (tertiary/aromatic N) is 4. The van der Waals surface area contributed by atoms with Gasteiger partial charge in [0.15, 0.2) is 5.82 Å². The second-order valence-electron chi connectivity index (χ2n) is 2.45. The molecule has 9 heavy (non-hydrogen) atoms. The Morgan fingerprint density at radius 1 is 1.67 bits per heavy atom. The van der Waals surface area contributed by atoms with E-state index in [0.717, 1.165) is 18.8 Å². The Morgan fingerprint density at radius 3 is 3.33 bits per heavy atom. The normalized spacial score (nSPS) is 24.3. The molecular formula is C5H8N4. The molecule has 1 aromatic rings. The fourth-order valence-electron chi connectivity index (χ4n) is 1.17. The minimum atomic E-state index is 0.556. The average molecular weight is 124 g/mol. The van der Waals surface area contributed by atoms with Crippen molar-refractivity contribution in [1.29, 1.82) is 0 Å². The van der Waals surface area contributed by atoms with Gasteiger partial charge in [0.1, 0.15) is 0 Å². The lowest BCUT2D eigenvalue weighted by molar-refractivity contribution is 0.606. The molecule has 2 heterocycles. The molecule has 0 aromatic carbocycles. The third-order valence-corrected chi connectivity index (χ3v) is 1.77. The van der Waals surface area contributed by atoms with Crippen LogP contribution in [0.15, 0.2) is 0 Å². The standard InChI is InChI=1S/C5H8N4/c1-4-2-3-9-5(4)6-7-8-9/h4H,2-3H2,1H3/t4-/m0/s1. The molecular weight excluding hydrogens is 116 g/mol. The van der Waals surface area contributed by atoms with Gasteiger partial charge < -0.3 is 0 Å². The van der Waals surface area contributed by atoms with Crippen LogP contribution in [0.2, 0.25) is 0 Å². The second kappa shape index (κ2) is 1.52. The van der Waals surface area contributed by atoms with E-state index < -0.39 is 0 Å². The van der Waals surface area contributed by atoms with E-state index in [1.54, 1.807) is 0 Å². The Bertz CT molecular complexity index is 216. The van der Waals surface area contributed by atoms with Crippen molar-refractivity contribution in [3.05, 3.63) is 5.82 Å². The van der Waals surface area contributed by atoms with E-state index in [2.05, 4.69) is 22.4 Å². The number of fused-ring (bicyclic) bond motifs is 1. The molecule has 4 heteroatoms. The molecule has 0 radical (unpaired) electrons. The predicted molar refractivity (Wildman–Crippen MR) is 30.8 cm³/mol. The van der Waals surface area contributed by atoms with Gasteiger partial charge >= 0.3 is 0 Å². The lowest BCUT2D eigenvalue weighted by Gasteiger charge is -1.91. The van der Waals surface area contributed by atoms with E-state index in [0.29, 0.717) is 5.92 Å². The lowest BCUT2D eigenvalue weighted by Crippen LogP contribution is -1.94. The molecule has 1 aromatic heterocycles. The van der Waals surface area contributed by atoms with Gasteiger partial charge in [-0.25, -0.2) is 4.68 Å².